The highest BCUT2D eigenvalue weighted by Crippen LogP contribution is 2.21. The van der Waals surface area contributed by atoms with Gasteiger partial charge in [0.25, 0.3) is 0 Å². The Morgan fingerprint density at radius 2 is 1.62 bits per heavy atom. The van der Waals surface area contributed by atoms with E-state index in [4.69, 9.17) is 9.47 Å². The number of ether oxygens (including phenoxy) is 2. The molecule has 0 aromatic heterocycles. The molecule has 1 N–H and O–H groups in total. The quantitative estimate of drug-likeness (QED) is 0.655. The van der Waals surface area contributed by atoms with Crippen LogP contribution in [0.4, 0.5) is 0 Å². The van der Waals surface area contributed by atoms with Crippen molar-refractivity contribution in [2.45, 2.75) is 65.5 Å². The van der Waals surface area contributed by atoms with E-state index in [-0.39, 0.29) is 6.10 Å². The average Bonchev–Trinajstić information content (AvgIpc) is 2.51. The third-order valence-electron chi connectivity index (χ3n) is 3.53. The first kappa shape index (κ1) is 17.8. The van der Waals surface area contributed by atoms with E-state index in [1.807, 2.05) is 31.2 Å². The Bertz CT molecular complexity index is 364. The van der Waals surface area contributed by atoms with E-state index in [0.717, 1.165) is 37.3 Å². The molecule has 0 fully saturated rings. The van der Waals surface area contributed by atoms with Crippen molar-refractivity contribution in [3.05, 3.63) is 24.3 Å². The Balaban J connectivity index is 2.64. The molecule has 0 saturated carbocycles. The second-order valence-electron chi connectivity index (χ2n) is 5.32. The summed E-state index contributed by atoms with van der Waals surface area (Å²) in [6.45, 7) is 10.3. The summed E-state index contributed by atoms with van der Waals surface area (Å²) in [7, 11) is 0. The van der Waals surface area contributed by atoms with Crippen LogP contribution < -0.4 is 14.8 Å². The zero-order valence-electron chi connectivity index (χ0n) is 14.0. The van der Waals surface area contributed by atoms with Gasteiger partial charge in [-0.2, -0.15) is 0 Å². The Morgan fingerprint density at radius 1 is 0.952 bits per heavy atom. The number of benzene rings is 1. The van der Waals surface area contributed by atoms with Crippen molar-refractivity contribution < 1.29 is 9.47 Å². The summed E-state index contributed by atoms with van der Waals surface area (Å²) in [6.07, 6.45) is 4.70. The average molecular weight is 293 g/mol. The third-order valence-corrected chi connectivity index (χ3v) is 3.53. The molecule has 0 aliphatic heterocycles. The summed E-state index contributed by atoms with van der Waals surface area (Å²) < 4.78 is 11.7. The molecule has 0 heterocycles. The number of hydrogen-bond donors (Lipinski definition) is 1. The molecule has 2 unspecified atom stereocenters. The van der Waals surface area contributed by atoms with Gasteiger partial charge in [0.1, 0.15) is 17.6 Å². The molecular formula is C18H31NO2. The third kappa shape index (κ3) is 6.38. The lowest BCUT2D eigenvalue weighted by Gasteiger charge is -2.28. The molecular weight excluding hydrogens is 262 g/mol. The normalized spacial score (nSPS) is 13.7. The largest absolute Gasteiger partial charge is 0.494 e. The van der Waals surface area contributed by atoms with Gasteiger partial charge in [-0.3, -0.25) is 0 Å². The molecule has 0 aliphatic carbocycles. The van der Waals surface area contributed by atoms with Crippen molar-refractivity contribution in [2.24, 2.45) is 0 Å². The molecule has 21 heavy (non-hydrogen) atoms. The topological polar surface area (TPSA) is 30.5 Å². The molecule has 0 bridgehead atoms. The second-order valence-corrected chi connectivity index (χ2v) is 5.32. The van der Waals surface area contributed by atoms with Gasteiger partial charge >= 0.3 is 0 Å². The molecule has 3 heteroatoms. The summed E-state index contributed by atoms with van der Waals surface area (Å²) >= 11 is 0. The van der Waals surface area contributed by atoms with Gasteiger partial charge in [0, 0.05) is 6.04 Å². The molecule has 0 radical (unpaired) electrons. The number of rotatable bonds is 11. The van der Waals surface area contributed by atoms with Crippen molar-refractivity contribution >= 4 is 0 Å². The predicted molar refractivity (Wildman–Crippen MR) is 89.3 cm³/mol. The summed E-state index contributed by atoms with van der Waals surface area (Å²) in [6, 6.07) is 8.36. The van der Waals surface area contributed by atoms with E-state index in [2.05, 4.69) is 26.1 Å². The lowest BCUT2D eigenvalue weighted by atomic mass is 10.0. The van der Waals surface area contributed by atoms with Crippen LogP contribution in [0.2, 0.25) is 0 Å². The molecule has 0 spiro atoms. The predicted octanol–water partition coefficient (Wildman–Crippen LogP) is 4.41. The van der Waals surface area contributed by atoms with Gasteiger partial charge in [-0.05, 0) is 57.0 Å². The standard InChI is InChI=1S/C18H31NO2/c1-5-9-17(19-14-6-2)18(7-3)21-16-12-10-15(11-13-16)20-8-4/h10-13,17-19H,5-9,14H2,1-4H3. The highest BCUT2D eigenvalue weighted by atomic mass is 16.5. The summed E-state index contributed by atoms with van der Waals surface area (Å²) in [5.74, 6) is 1.82. The van der Waals surface area contributed by atoms with Gasteiger partial charge in [-0.1, -0.05) is 27.2 Å². The van der Waals surface area contributed by atoms with Crippen LogP contribution in [-0.2, 0) is 0 Å². The Hall–Kier alpha value is -1.22. The molecule has 1 rings (SSSR count). The van der Waals surface area contributed by atoms with Gasteiger partial charge in [0.2, 0.25) is 0 Å². The minimum absolute atomic E-state index is 0.217. The van der Waals surface area contributed by atoms with Crippen molar-refractivity contribution in [1.29, 1.82) is 0 Å². The molecule has 1 aromatic rings. The summed E-state index contributed by atoms with van der Waals surface area (Å²) in [5.41, 5.74) is 0. The minimum atomic E-state index is 0.217. The smallest absolute Gasteiger partial charge is 0.120 e. The first-order valence-electron chi connectivity index (χ1n) is 8.37. The van der Waals surface area contributed by atoms with Gasteiger partial charge in [-0.25, -0.2) is 0 Å². The molecule has 0 amide bonds. The van der Waals surface area contributed by atoms with Crippen LogP contribution in [0.15, 0.2) is 24.3 Å². The van der Waals surface area contributed by atoms with Crippen LogP contribution in [-0.4, -0.2) is 25.3 Å². The van der Waals surface area contributed by atoms with E-state index in [1.165, 1.54) is 6.42 Å². The highest BCUT2D eigenvalue weighted by molar-refractivity contribution is 5.31. The molecule has 0 aliphatic rings. The van der Waals surface area contributed by atoms with Gasteiger partial charge in [0.05, 0.1) is 6.61 Å². The second kappa shape index (κ2) is 10.5. The van der Waals surface area contributed by atoms with Gasteiger partial charge in [-0.15, -0.1) is 0 Å². The fraction of sp³-hybridized carbons (Fsp3) is 0.667. The Kier molecular flexibility index (Phi) is 8.91. The van der Waals surface area contributed by atoms with E-state index < -0.39 is 0 Å². The van der Waals surface area contributed by atoms with Crippen molar-refractivity contribution in [2.75, 3.05) is 13.2 Å². The Labute approximate surface area is 130 Å². The summed E-state index contributed by atoms with van der Waals surface area (Å²) in [5, 5.41) is 3.62. The van der Waals surface area contributed by atoms with E-state index in [1.54, 1.807) is 0 Å². The fourth-order valence-electron chi connectivity index (χ4n) is 2.47. The SMILES string of the molecule is CCCNC(CCC)C(CC)Oc1ccc(OCC)cc1. The molecule has 0 saturated heterocycles. The van der Waals surface area contributed by atoms with E-state index in [0.29, 0.717) is 12.6 Å². The fourth-order valence-corrected chi connectivity index (χ4v) is 2.47. The van der Waals surface area contributed by atoms with Crippen LogP contribution in [0.25, 0.3) is 0 Å². The first-order chi connectivity index (χ1) is 10.2. The highest BCUT2D eigenvalue weighted by Gasteiger charge is 2.20. The molecule has 1 aromatic carbocycles. The number of hydrogen-bond acceptors (Lipinski definition) is 3. The molecule has 120 valence electrons. The van der Waals surface area contributed by atoms with Gasteiger partial charge < -0.3 is 14.8 Å². The minimum Gasteiger partial charge on any atom is -0.494 e. The van der Waals surface area contributed by atoms with Crippen molar-refractivity contribution in [1.82, 2.24) is 5.32 Å². The maximum atomic E-state index is 6.19. The molecule has 3 nitrogen and oxygen atoms in total. The van der Waals surface area contributed by atoms with Gasteiger partial charge in [0.15, 0.2) is 0 Å². The maximum Gasteiger partial charge on any atom is 0.120 e. The zero-order chi connectivity index (χ0) is 15.5. The lowest BCUT2D eigenvalue weighted by Crippen LogP contribution is -2.43. The number of nitrogens with one attached hydrogen (secondary N) is 1. The monoisotopic (exact) mass is 293 g/mol. The van der Waals surface area contributed by atoms with Crippen molar-refractivity contribution in [3.8, 4) is 11.5 Å². The van der Waals surface area contributed by atoms with E-state index in [9.17, 15) is 0 Å². The Morgan fingerprint density at radius 3 is 2.14 bits per heavy atom. The van der Waals surface area contributed by atoms with Crippen molar-refractivity contribution in [3.63, 3.8) is 0 Å². The molecule has 2 atom stereocenters. The maximum absolute atomic E-state index is 6.19. The van der Waals surface area contributed by atoms with E-state index >= 15 is 0 Å². The summed E-state index contributed by atoms with van der Waals surface area (Å²) in [4.78, 5) is 0. The lowest BCUT2D eigenvalue weighted by molar-refractivity contribution is 0.142. The van der Waals surface area contributed by atoms with Crippen LogP contribution in [0.3, 0.4) is 0 Å². The zero-order valence-corrected chi connectivity index (χ0v) is 14.0. The van der Waals surface area contributed by atoms with Crippen LogP contribution >= 0.6 is 0 Å². The first-order valence-corrected chi connectivity index (χ1v) is 8.37. The van der Waals surface area contributed by atoms with Crippen LogP contribution in [0.1, 0.15) is 53.4 Å². The van der Waals surface area contributed by atoms with Crippen LogP contribution in [0.5, 0.6) is 11.5 Å². The van der Waals surface area contributed by atoms with Crippen LogP contribution in [0, 0.1) is 0 Å².